The molecule has 3 rings (SSSR count). The maximum absolute atomic E-state index is 13.3. The van der Waals surface area contributed by atoms with E-state index in [1.54, 1.807) is 42.4 Å². The van der Waals surface area contributed by atoms with Crippen LogP contribution in [0.25, 0.3) is 6.08 Å². The van der Waals surface area contributed by atoms with Crippen molar-refractivity contribution in [1.82, 2.24) is 4.90 Å². The summed E-state index contributed by atoms with van der Waals surface area (Å²) in [7, 11) is 1.55. The van der Waals surface area contributed by atoms with Crippen LogP contribution >= 0.6 is 24.0 Å². The van der Waals surface area contributed by atoms with Crippen molar-refractivity contribution < 1.29 is 18.7 Å². The molecule has 0 saturated carbocycles. The molecule has 0 bridgehead atoms. The van der Waals surface area contributed by atoms with Gasteiger partial charge in [-0.15, -0.1) is 0 Å². The number of ether oxygens (including phenoxy) is 2. The first-order valence-corrected chi connectivity index (χ1v) is 10.4. The van der Waals surface area contributed by atoms with Gasteiger partial charge in [0.15, 0.2) is 11.5 Å². The molecule has 29 heavy (non-hydrogen) atoms. The molecule has 1 amide bonds. The van der Waals surface area contributed by atoms with Crippen LogP contribution in [-0.2, 0) is 11.4 Å². The van der Waals surface area contributed by atoms with Crippen molar-refractivity contribution in [2.24, 2.45) is 5.92 Å². The predicted octanol–water partition coefficient (Wildman–Crippen LogP) is 5.27. The number of carbonyl (C=O) groups excluding carboxylic acids is 1. The van der Waals surface area contributed by atoms with E-state index in [9.17, 15) is 9.18 Å². The van der Waals surface area contributed by atoms with Crippen LogP contribution < -0.4 is 9.47 Å². The Balaban J connectivity index is 1.75. The van der Waals surface area contributed by atoms with Crippen molar-refractivity contribution >= 4 is 40.3 Å². The third-order valence-electron chi connectivity index (χ3n) is 4.19. The summed E-state index contributed by atoms with van der Waals surface area (Å²) in [5.74, 6) is 1.04. The number of hydrogen-bond acceptors (Lipinski definition) is 5. The number of methoxy groups -OCH3 is 1. The Hall–Kier alpha value is -2.38. The largest absolute Gasteiger partial charge is 0.493 e. The fourth-order valence-corrected chi connectivity index (χ4v) is 4.13. The second-order valence-corrected chi connectivity index (χ2v) is 8.69. The van der Waals surface area contributed by atoms with E-state index in [1.807, 2.05) is 6.07 Å². The monoisotopic (exact) mass is 431 g/mol. The fourth-order valence-electron chi connectivity index (χ4n) is 2.85. The summed E-state index contributed by atoms with van der Waals surface area (Å²) in [5.41, 5.74) is 1.54. The lowest BCUT2D eigenvalue weighted by molar-refractivity contribution is -0.122. The Morgan fingerprint density at radius 2 is 2.00 bits per heavy atom. The number of hydrogen-bond donors (Lipinski definition) is 0. The summed E-state index contributed by atoms with van der Waals surface area (Å²) in [6, 6.07) is 11.7. The minimum Gasteiger partial charge on any atom is -0.493 e. The topological polar surface area (TPSA) is 38.8 Å². The molecule has 1 aliphatic heterocycles. The number of rotatable bonds is 7. The average Bonchev–Trinajstić information content (AvgIpc) is 2.94. The molecule has 0 spiro atoms. The Morgan fingerprint density at radius 3 is 2.69 bits per heavy atom. The van der Waals surface area contributed by atoms with Crippen LogP contribution in [0.15, 0.2) is 47.4 Å². The third-order valence-corrected chi connectivity index (χ3v) is 5.57. The lowest BCUT2D eigenvalue weighted by atomic mass is 10.1. The van der Waals surface area contributed by atoms with Crippen molar-refractivity contribution in [3.05, 3.63) is 64.3 Å². The van der Waals surface area contributed by atoms with Crippen LogP contribution in [0, 0.1) is 11.7 Å². The van der Waals surface area contributed by atoms with Gasteiger partial charge in [-0.2, -0.15) is 0 Å². The number of amides is 1. The van der Waals surface area contributed by atoms with Gasteiger partial charge in [-0.1, -0.05) is 56.0 Å². The Kier molecular flexibility index (Phi) is 6.92. The van der Waals surface area contributed by atoms with Crippen LogP contribution in [0.1, 0.15) is 25.0 Å². The number of thioether (sulfide) groups is 1. The van der Waals surface area contributed by atoms with Gasteiger partial charge < -0.3 is 9.47 Å². The SMILES string of the molecule is COc1cc(/C=C2\SC(=S)N(CC(C)C)C2=O)ccc1OCc1cccc(F)c1. The van der Waals surface area contributed by atoms with Gasteiger partial charge in [-0.05, 0) is 47.4 Å². The molecule has 4 nitrogen and oxygen atoms in total. The molecule has 0 unspecified atom stereocenters. The zero-order chi connectivity index (χ0) is 21.0. The molecule has 0 aromatic heterocycles. The van der Waals surface area contributed by atoms with E-state index in [1.165, 1.54) is 23.9 Å². The molecule has 1 saturated heterocycles. The van der Waals surface area contributed by atoms with E-state index in [2.05, 4.69) is 13.8 Å². The van der Waals surface area contributed by atoms with Gasteiger partial charge in [0.25, 0.3) is 5.91 Å². The Morgan fingerprint density at radius 1 is 1.21 bits per heavy atom. The van der Waals surface area contributed by atoms with Crippen molar-refractivity contribution in [2.75, 3.05) is 13.7 Å². The highest BCUT2D eigenvalue weighted by Crippen LogP contribution is 2.35. The zero-order valence-corrected chi connectivity index (χ0v) is 18.1. The number of benzene rings is 2. The molecule has 2 aromatic carbocycles. The van der Waals surface area contributed by atoms with Crippen LogP contribution in [-0.4, -0.2) is 28.8 Å². The number of carbonyl (C=O) groups is 1. The fraction of sp³-hybridized carbons (Fsp3) is 0.273. The van der Waals surface area contributed by atoms with E-state index < -0.39 is 0 Å². The summed E-state index contributed by atoms with van der Waals surface area (Å²) >= 11 is 6.65. The highest BCUT2D eigenvalue weighted by molar-refractivity contribution is 8.26. The standard InChI is InChI=1S/C22H22FNO3S2/c1-14(2)12-24-21(25)20(29-22(24)28)11-15-7-8-18(19(10-15)26-3)27-13-16-5-4-6-17(23)9-16/h4-11,14H,12-13H2,1-3H3/b20-11-. The summed E-state index contributed by atoms with van der Waals surface area (Å²) in [4.78, 5) is 14.9. The third kappa shape index (κ3) is 5.36. The molecule has 1 fully saturated rings. The summed E-state index contributed by atoms with van der Waals surface area (Å²) in [5, 5.41) is 0. The van der Waals surface area contributed by atoms with E-state index in [-0.39, 0.29) is 18.3 Å². The molecule has 0 aliphatic carbocycles. The quantitative estimate of drug-likeness (QED) is 0.441. The lowest BCUT2D eigenvalue weighted by Crippen LogP contribution is -2.31. The Bertz CT molecular complexity index is 959. The molecule has 2 aromatic rings. The molecule has 152 valence electrons. The van der Waals surface area contributed by atoms with E-state index >= 15 is 0 Å². The minimum atomic E-state index is -0.303. The minimum absolute atomic E-state index is 0.0703. The van der Waals surface area contributed by atoms with Gasteiger partial charge in [-0.3, -0.25) is 9.69 Å². The molecule has 7 heteroatoms. The number of thiocarbonyl (C=S) groups is 1. The number of nitrogens with zero attached hydrogens (tertiary/aromatic N) is 1. The highest BCUT2D eigenvalue weighted by atomic mass is 32.2. The molecule has 0 atom stereocenters. The number of halogens is 1. The van der Waals surface area contributed by atoms with Crippen molar-refractivity contribution in [2.45, 2.75) is 20.5 Å². The predicted molar refractivity (Wildman–Crippen MR) is 118 cm³/mol. The van der Waals surface area contributed by atoms with Gasteiger partial charge >= 0.3 is 0 Å². The van der Waals surface area contributed by atoms with Gasteiger partial charge in [-0.25, -0.2) is 4.39 Å². The molecule has 1 aliphatic rings. The smallest absolute Gasteiger partial charge is 0.266 e. The normalized spacial score (nSPS) is 15.5. The van der Waals surface area contributed by atoms with Crippen molar-refractivity contribution in [3.63, 3.8) is 0 Å². The van der Waals surface area contributed by atoms with E-state index in [0.29, 0.717) is 33.2 Å². The van der Waals surface area contributed by atoms with Crippen LogP contribution in [0.2, 0.25) is 0 Å². The molecular formula is C22H22FNO3S2. The molecule has 0 N–H and O–H groups in total. The highest BCUT2D eigenvalue weighted by Gasteiger charge is 2.32. The second-order valence-electron chi connectivity index (χ2n) is 7.02. The van der Waals surface area contributed by atoms with Gasteiger partial charge in [0.2, 0.25) is 0 Å². The maximum atomic E-state index is 13.3. The van der Waals surface area contributed by atoms with Gasteiger partial charge in [0.1, 0.15) is 16.7 Å². The van der Waals surface area contributed by atoms with Gasteiger partial charge in [0.05, 0.1) is 12.0 Å². The van der Waals surface area contributed by atoms with Crippen LogP contribution in [0.3, 0.4) is 0 Å². The first-order chi connectivity index (χ1) is 13.9. The summed E-state index contributed by atoms with van der Waals surface area (Å²) < 4.78 is 25.1. The van der Waals surface area contributed by atoms with Crippen LogP contribution in [0.5, 0.6) is 11.5 Å². The molecular weight excluding hydrogens is 409 g/mol. The summed E-state index contributed by atoms with van der Waals surface area (Å²) in [6.07, 6.45) is 1.80. The summed E-state index contributed by atoms with van der Waals surface area (Å²) in [6.45, 7) is 4.94. The Labute approximate surface area is 179 Å². The van der Waals surface area contributed by atoms with Crippen molar-refractivity contribution in [1.29, 1.82) is 0 Å². The maximum Gasteiger partial charge on any atom is 0.266 e. The second kappa shape index (κ2) is 9.41. The molecule has 1 heterocycles. The zero-order valence-electron chi connectivity index (χ0n) is 16.5. The van der Waals surface area contributed by atoms with Gasteiger partial charge in [0, 0.05) is 6.54 Å². The first-order valence-electron chi connectivity index (χ1n) is 9.18. The van der Waals surface area contributed by atoms with Crippen molar-refractivity contribution in [3.8, 4) is 11.5 Å². The first kappa shape index (κ1) is 21.3. The van der Waals surface area contributed by atoms with E-state index in [4.69, 9.17) is 21.7 Å². The lowest BCUT2D eigenvalue weighted by Gasteiger charge is -2.16. The van der Waals surface area contributed by atoms with Crippen LogP contribution in [0.4, 0.5) is 4.39 Å². The molecule has 0 radical (unpaired) electrons. The van der Waals surface area contributed by atoms with E-state index in [0.717, 1.165) is 11.1 Å². The average molecular weight is 432 g/mol.